The van der Waals surface area contributed by atoms with Crippen LogP contribution in [0.15, 0.2) is 59.5 Å². The van der Waals surface area contributed by atoms with Gasteiger partial charge in [0.1, 0.15) is 17.5 Å². The minimum absolute atomic E-state index is 0.150. The van der Waals surface area contributed by atoms with Crippen LogP contribution in [0, 0.1) is 0 Å². The van der Waals surface area contributed by atoms with Crippen molar-refractivity contribution in [3.63, 3.8) is 0 Å². The number of carbonyl (C=O) groups excluding carboxylic acids is 1. The van der Waals surface area contributed by atoms with Crippen molar-refractivity contribution in [2.24, 2.45) is 0 Å². The highest BCUT2D eigenvalue weighted by atomic mass is 16.5. The third kappa shape index (κ3) is 3.13. The van der Waals surface area contributed by atoms with Gasteiger partial charge in [-0.2, -0.15) is 0 Å². The molecule has 1 aliphatic heterocycles. The molecule has 1 atom stereocenters. The number of amides is 1. The topological polar surface area (TPSA) is 76.1 Å². The maximum atomic E-state index is 12.7. The van der Waals surface area contributed by atoms with E-state index in [0.717, 1.165) is 23.3 Å². The summed E-state index contributed by atoms with van der Waals surface area (Å²) in [4.78, 5) is 27.4. The Kier molecular flexibility index (Phi) is 4.08. The van der Waals surface area contributed by atoms with E-state index in [4.69, 9.17) is 4.74 Å². The highest BCUT2D eigenvalue weighted by molar-refractivity contribution is 6.03. The molecular weight excluding hydrogens is 330 g/mol. The van der Waals surface area contributed by atoms with Crippen LogP contribution in [0.3, 0.4) is 0 Å². The predicted molar refractivity (Wildman–Crippen MR) is 98.8 cm³/mol. The fourth-order valence-corrected chi connectivity index (χ4v) is 3.20. The van der Waals surface area contributed by atoms with E-state index < -0.39 is 0 Å². The number of aromatic amines is 1. The monoisotopic (exact) mass is 349 g/mol. The molecule has 1 amide bonds. The molecule has 1 aromatic heterocycles. The van der Waals surface area contributed by atoms with Gasteiger partial charge in [-0.15, -0.1) is 0 Å². The number of aromatic nitrogens is 2. The molecule has 0 bridgehead atoms. The molecule has 0 aliphatic carbocycles. The molecule has 0 spiro atoms. The van der Waals surface area contributed by atoms with Crippen molar-refractivity contribution in [1.82, 2.24) is 9.55 Å². The fourth-order valence-electron chi connectivity index (χ4n) is 3.20. The smallest absolute Gasteiger partial charge is 0.326 e. The van der Waals surface area contributed by atoms with E-state index in [2.05, 4.69) is 10.3 Å². The Labute approximate surface area is 150 Å². The van der Waals surface area contributed by atoms with Crippen LogP contribution in [-0.2, 0) is 13.0 Å². The van der Waals surface area contributed by atoms with Crippen LogP contribution in [-0.4, -0.2) is 21.6 Å². The lowest BCUT2D eigenvalue weighted by Crippen LogP contribution is -2.24. The number of imidazole rings is 1. The summed E-state index contributed by atoms with van der Waals surface area (Å²) in [5, 5.41) is 2.87. The maximum absolute atomic E-state index is 12.7. The minimum Gasteiger partial charge on any atom is -0.490 e. The van der Waals surface area contributed by atoms with Crippen LogP contribution in [0.4, 0.5) is 5.69 Å². The zero-order chi connectivity index (χ0) is 18.1. The summed E-state index contributed by atoms with van der Waals surface area (Å²) in [5.74, 6) is 0.532. The zero-order valence-electron chi connectivity index (χ0n) is 14.4. The molecule has 0 saturated heterocycles. The molecule has 26 heavy (non-hydrogen) atoms. The molecule has 0 fully saturated rings. The number of hydrogen-bond donors (Lipinski definition) is 2. The number of ether oxygens (including phenoxy) is 1. The Morgan fingerprint density at radius 3 is 2.88 bits per heavy atom. The van der Waals surface area contributed by atoms with E-state index in [-0.39, 0.29) is 17.7 Å². The van der Waals surface area contributed by atoms with Crippen molar-refractivity contribution in [2.45, 2.75) is 26.0 Å². The van der Waals surface area contributed by atoms with Crippen LogP contribution in [0.5, 0.6) is 5.75 Å². The van der Waals surface area contributed by atoms with Gasteiger partial charge in [-0.25, -0.2) is 4.79 Å². The van der Waals surface area contributed by atoms with Crippen molar-refractivity contribution in [3.8, 4) is 5.75 Å². The van der Waals surface area contributed by atoms with Gasteiger partial charge in [0.15, 0.2) is 0 Å². The second kappa shape index (κ2) is 6.55. The van der Waals surface area contributed by atoms with E-state index in [0.29, 0.717) is 17.9 Å². The van der Waals surface area contributed by atoms with Crippen molar-refractivity contribution in [2.75, 3.05) is 5.32 Å². The summed E-state index contributed by atoms with van der Waals surface area (Å²) >= 11 is 0. The number of benzene rings is 2. The van der Waals surface area contributed by atoms with E-state index >= 15 is 0 Å². The molecule has 3 aromatic rings. The van der Waals surface area contributed by atoms with Gasteiger partial charge in [0.25, 0.3) is 5.91 Å². The van der Waals surface area contributed by atoms with E-state index in [9.17, 15) is 9.59 Å². The molecule has 1 aliphatic rings. The molecule has 2 heterocycles. The first-order valence-electron chi connectivity index (χ1n) is 8.53. The fraction of sp³-hybridized carbons (Fsp3) is 0.200. The van der Waals surface area contributed by atoms with Crippen molar-refractivity contribution >= 4 is 11.6 Å². The van der Waals surface area contributed by atoms with Crippen LogP contribution in [0.25, 0.3) is 0 Å². The van der Waals surface area contributed by atoms with Gasteiger partial charge in [0, 0.05) is 18.3 Å². The minimum atomic E-state index is -0.328. The van der Waals surface area contributed by atoms with E-state index in [1.165, 1.54) is 10.8 Å². The molecule has 4 rings (SSSR count). The van der Waals surface area contributed by atoms with Gasteiger partial charge in [-0.3, -0.25) is 9.36 Å². The number of H-pyrrole nitrogens is 1. The number of hydrogen-bond acceptors (Lipinski definition) is 3. The molecule has 2 N–H and O–H groups in total. The first kappa shape index (κ1) is 16.2. The van der Waals surface area contributed by atoms with Gasteiger partial charge in [0.2, 0.25) is 0 Å². The summed E-state index contributed by atoms with van der Waals surface area (Å²) in [6.45, 7) is 2.35. The molecule has 1 unspecified atom stereocenters. The third-order valence-electron chi connectivity index (χ3n) is 4.44. The summed E-state index contributed by atoms with van der Waals surface area (Å²) in [6.07, 6.45) is 2.41. The van der Waals surface area contributed by atoms with Crippen LogP contribution >= 0.6 is 0 Å². The number of nitrogens with zero attached hydrogens (tertiary/aromatic N) is 1. The Balaban J connectivity index is 1.56. The number of anilines is 1. The molecular formula is C20H19N3O3. The highest BCUT2D eigenvalue weighted by Crippen LogP contribution is 2.31. The first-order chi connectivity index (χ1) is 12.6. The average molecular weight is 349 g/mol. The molecule has 0 saturated carbocycles. The largest absolute Gasteiger partial charge is 0.490 e. The van der Waals surface area contributed by atoms with Gasteiger partial charge in [-0.05, 0) is 36.2 Å². The standard InChI is InChI=1S/C20H19N3O3/c1-13-9-15-10-16(7-8-18(15)26-13)22-19(24)17-11-21-20(25)23(17)12-14-5-3-2-4-6-14/h2-8,10-11,13H,9,12H2,1H3,(H,21,25)(H,22,24). The van der Waals surface area contributed by atoms with Crippen molar-refractivity contribution in [3.05, 3.63) is 82.0 Å². The predicted octanol–water partition coefficient (Wildman–Crippen LogP) is 2.80. The molecule has 6 heteroatoms. The van der Waals surface area contributed by atoms with E-state index in [1.54, 1.807) is 6.07 Å². The maximum Gasteiger partial charge on any atom is 0.326 e. The van der Waals surface area contributed by atoms with E-state index in [1.807, 2.05) is 49.4 Å². The number of fused-ring (bicyclic) bond motifs is 1. The van der Waals surface area contributed by atoms with Crippen LogP contribution < -0.4 is 15.7 Å². The zero-order valence-corrected chi connectivity index (χ0v) is 14.4. The number of nitrogens with one attached hydrogen (secondary N) is 2. The summed E-state index contributed by atoms with van der Waals surface area (Å²) in [6, 6.07) is 15.1. The second-order valence-electron chi connectivity index (χ2n) is 6.46. The first-order valence-corrected chi connectivity index (χ1v) is 8.53. The Bertz CT molecular complexity index is 1000. The lowest BCUT2D eigenvalue weighted by molar-refractivity contribution is 0.101. The number of rotatable bonds is 4. The number of carbonyl (C=O) groups is 1. The lowest BCUT2D eigenvalue weighted by atomic mass is 10.1. The van der Waals surface area contributed by atoms with Crippen LogP contribution in [0.1, 0.15) is 28.5 Å². The summed E-state index contributed by atoms with van der Waals surface area (Å²) in [5.41, 5.74) is 2.70. The molecule has 2 aromatic carbocycles. The highest BCUT2D eigenvalue weighted by Gasteiger charge is 2.20. The molecule has 132 valence electrons. The Morgan fingerprint density at radius 1 is 1.27 bits per heavy atom. The normalized spacial score (nSPS) is 15.3. The third-order valence-corrected chi connectivity index (χ3v) is 4.44. The Hall–Kier alpha value is -3.28. The lowest BCUT2D eigenvalue weighted by Gasteiger charge is -2.09. The van der Waals surface area contributed by atoms with Gasteiger partial charge in [0.05, 0.1) is 6.54 Å². The van der Waals surface area contributed by atoms with Crippen molar-refractivity contribution in [1.29, 1.82) is 0 Å². The average Bonchev–Trinajstić information content (AvgIpc) is 3.17. The molecule has 6 nitrogen and oxygen atoms in total. The van der Waals surface area contributed by atoms with Gasteiger partial charge in [-0.1, -0.05) is 30.3 Å². The Morgan fingerprint density at radius 2 is 2.08 bits per heavy atom. The van der Waals surface area contributed by atoms with Gasteiger partial charge >= 0.3 is 5.69 Å². The van der Waals surface area contributed by atoms with Gasteiger partial charge < -0.3 is 15.0 Å². The second-order valence-corrected chi connectivity index (χ2v) is 6.46. The summed E-state index contributed by atoms with van der Waals surface area (Å²) < 4.78 is 7.11. The SMILES string of the molecule is CC1Cc2cc(NC(=O)c3c[nH]c(=O)n3Cc3ccccc3)ccc2O1. The summed E-state index contributed by atoms with van der Waals surface area (Å²) in [7, 11) is 0. The quantitative estimate of drug-likeness (QED) is 0.760. The van der Waals surface area contributed by atoms with Crippen molar-refractivity contribution < 1.29 is 9.53 Å². The molecule has 0 radical (unpaired) electrons. The van der Waals surface area contributed by atoms with Crippen LogP contribution in [0.2, 0.25) is 0 Å².